The molecule has 8 heteroatoms. The van der Waals surface area contributed by atoms with Crippen LogP contribution in [-0.4, -0.2) is 30.0 Å². The molecular weight excluding hydrogens is 368 g/mol. The van der Waals surface area contributed by atoms with Gasteiger partial charge in [-0.05, 0) is 36.4 Å². The zero-order valence-corrected chi connectivity index (χ0v) is 14.9. The van der Waals surface area contributed by atoms with Gasteiger partial charge >= 0.3 is 5.63 Å². The topological polar surface area (TPSA) is 91.6 Å². The molecule has 138 valence electrons. The molecule has 3 aromatic heterocycles. The van der Waals surface area contributed by atoms with Gasteiger partial charge in [0, 0.05) is 5.39 Å². The number of benzene rings is 3. The van der Waals surface area contributed by atoms with E-state index >= 15 is 0 Å². The van der Waals surface area contributed by atoms with E-state index in [9.17, 15) is 4.79 Å². The molecule has 0 aliphatic carbocycles. The van der Waals surface area contributed by atoms with Gasteiger partial charge in [0.1, 0.15) is 22.3 Å². The van der Waals surface area contributed by atoms with Crippen molar-refractivity contribution in [2.45, 2.75) is 0 Å². The molecule has 0 unspecified atom stereocenters. The van der Waals surface area contributed by atoms with Crippen molar-refractivity contribution in [1.29, 1.82) is 0 Å². The summed E-state index contributed by atoms with van der Waals surface area (Å²) in [7, 11) is 0. The maximum Gasteiger partial charge on any atom is 0.364 e. The van der Waals surface area contributed by atoms with Gasteiger partial charge in [0.15, 0.2) is 5.69 Å². The van der Waals surface area contributed by atoms with E-state index in [1.165, 1.54) is 4.68 Å². The molecule has 8 nitrogen and oxygen atoms in total. The van der Waals surface area contributed by atoms with E-state index in [1.807, 2.05) is 66.7 Å². The normalized spacial score (nSPS) is 11.6. The van der Waals surface area contributed by atoms with Gasteiger partial charge in [-0.25, -0.2) is 14.2 Å². The van der Waals surface area contributed by atoms with Gasteiger partial charge in [-0.2, -0.15) is 0 Å². The summed E-state index contributed by atoms with van der Waals surface area (Å²) in [6, 6.07) is 22.3. The van der Waals surface area contributed by atoms with Crippen LogP contribution >= 0.6 is 0 Å². The monoisotopic (exact) mass is 380 g/mol. The number of hydrogen-bond donors (Lipinski definition) is 0. The smallest absolute Gasteiger partial charge is 0.364 e. The van der Waals surface area contributed by atoms with Crippen molar-refractivity contribution in [3.05, 3.63) is 83.2 Å². The van der Waals surface area contributed by atoms with Crippen molar-refractivity contribution in [1.82, 2.24) is 30.0 Å². The van der Waals surface area contributed by atoms with Crippen molar-refractivity contribution in [3.8, 4) is 11.4 Å². The van der Waals surface area contributed by atoms with Gasteiger partial charge in [0.2, 0.25) is 0 Å². The van der Waals surface area contributed by atoms with Crippen LogP contribution in [0.15, 0.2) is 82.0 Å². The van der Waals surface area contributed by atoms with Crippen LogP contribution in [0.2, 0.25) is 0 Å². The first-order chi connectivity index (χ1) is 14.3. The molecule has 0 amide bonds. The zero-order valence-electron chi connectivity index (χ0n) is 14.9. The van der Waals surface area contributed by atoms with E-state index in [2.05, 4.69) is 20.6 Å². The highest BCUT2D eigenvalue weighted by molar-refractivity contribution is 5.92. The molecule has 29 heavy (non-hydrogen) atoms. The SMILES string of the molecule is O=c1oc2ccccc2c(-n2nnc3ccccc32)c1-n1nnc2ccccc21. The minimum atomic E-state index is -0.533. The Morgan fingerprint density at radius 3 is 1.90 bits per heavy atom. The number of nitrogens with zero attached hydrogens (tertiary/aromatic N) is 6. The van der Waals surface area contributed by atoms with Gasteiger partial charge in [-0.15, -0.1) is 10.2 Å². The molecule has 0 aliphatic heterocycles. The van der Waals surface area contributed by atoms with Crippen LogP contribution in [0.3, 0.4) is 0 Å². The number of para-hydroxylation sites is 3. The lowest BCUT2D eigenvalue weighted by Crippen LogP contribution is -2.17. The molecule has 6 rings (SSSR count). The highest BCUT2D eigenvalue weighted by Crippen LogP contribution is 2.29. The number of fused-ring (bicyclic) bond motifs is 3. The van der Waals surface area contributed by atoms with Crippen LogP contribution < -0.4 is 5.63 Å². The third-order valence-corrected chi connectivity index (χ3v) is 4.89. The lowest BCUT2D eigenvalue weighted by atomic mass is 10.1. The number of hydrogen-bond acceptors (Lipinski definition) is 6. The fourth-order valence-electron chi connectivity index (χ4n) is 3.59. The Morgan fingerprint density at radius 2 is 1.21 bits per heavy atom. The van der Waals surface area contributed by atoms with Crippen molar-refractivity contribution < 1.29 is 4.42 Å². The van der Waals surface area contributed by atoms with E-state index in [0.717, 1.165) is 16.4 Å². The lowest BCUT2D eigenvalue weighted by molar-refractivity contribution is 0.549. The molecule has 6 aromatic rings. The number of rotatable bonds is 2. The van der Waals surface area contributed by atoms with Crippen molar-refractivity contribution in [2.75, 3.05) is 0 Å². The Labute approximate surface area is 162 Å². The van der Waals surface area contributed by atoms with Crippen LogP contribution in [0.1, 0.15) is 0 Å². The third-order valence-electron chi connectivity index (χ3n) is 4.89. The van der Waals surface area contributed by atoms with E-state index in [4.69, 9.17) is 4.42 Å². The van der Waals surface area contributed by atoms with E-state index in [0.29, 0.717) is 22.3 Å². The second-order valence-electron chi connectivity index (χ2n) is 6.56. The Balaban J connectivity index is 1.82. The highest BCUT2D eigenvalue weighted by Gasteiger charge is 2.23. The molecule has 3 heterocycles. The average molecular weight is 380 g/mol. The highest BCUT2D eigenvalue weighted by atomic mass is 16.4. The summed E-state index contributed by atoms with van der Waals surface area (Å²) >= 11 is 0. The molecule has 0 saturated carbocycles. The summed E-state index contributed by atoms with van der Waals surface area (Å²) in [4.78, 5) is 13.1. The second-order valence-corrected chi connectivity index (χ2v) is 6.56. The Hall–Kier alpha value is -4.33. The van der Waals surface area contributed by atoms with E-state index in [-0.39, 0.29) is 5.69 Å². The quantitative estimate of drug-likeness (QED) is 0.428. The van der Waals surface area contributed by atoms with Crippen molar-refractivity contribution in [2.24, 2.45) is 0 Å². The Morgan fingerprint density at radius 1 is 0.655 bits per heavy atom. The predicted octanol–water partition coefficient (Wildman–Crippen LogP) is 3.26. The summed E-state index contributed by atoms with van der Waals surface area (Å²) in [5.41, 5.74) is 3.56. The first-order valence-corrected chi connectivity index (χ1v) is 8.99. The first kappa shape index (κ1) is 15.7. The number of aromatic nitrogens is 6. The molecule has 3 aromatic carbocycles. The maximum absolute atomic E-state index is 13.1. The fourth-order valence-corrected chi connectivity index (χ4v) is 3.59. The van der Waals surface area contributed by atoms with Crippen LogP contribution in [0.25, 0.3) is 44.4 Å². The summed E-state index contributed by atoms with van der Waals surface area (Å²) in [6.07, 6.45) is 0. The summed E-state index contributed by atoms with van der Waals surface area (Å²) in [5, 5.41) is 17.7. The lowest BCUT2D eigenvalue weighted by Gasteiger charge is -2.12. The van der Waals surface area contributed by atoms with Gasteiger partial charge in [0.05, 0.1) is 11.0 Å². The zero-order chi connectivity index (χ0) is 19.4. The molecule has 0 bridgehead atoms. The summed E-state index contributed by atoms with van der Waals surface area (Å²) in [6.45, 7) is 0. The van der Waals surface area contributed by atoms with Crippen molar-refractivity contribution >= 4 is 33.0 Å². The van der Waals surface area contributed by atoms with Gasteiger partial charge < -0.3 is 4.42 Å². The summed E-state index contributed by atoms with van der Waals surface area (Å²) in [5.74, 6) is 0. The van der Waals surface area contributed by atoms with Crippen LogP contribution in [-0.2, 0) is 0 Å². The van der Waals surface area contributed by atoms with Crippen LogP contribution in [0.5, 0.6) is 0 Å². The second kappa shape index (κ2) is 5.83. The standard InChI is InChI=1S/C21H12N6O2/c28-21-20(27-17-11-5-3-9-15(17)23-25-27)19(13-7-1-6-12-18(13)29-21)26-16-10-4-2-8-14(16)22-24-26/h1-12H. The maximum atomic E-state index is 13.1. The third kappa shape index (κ3) is 2.23. The summed E-state index contributed by atoms with van der Waals surface area (Å²) < 4.78 is 8.76. The first-order valence-electron chi connectivity index (χ1n) is 8.99. The minimum absolute atomic E-state index is 0.230. The molecule has 0 spiro atoms. The van der Waals surface area contributed by atoms with E-state index in [1.54, 1.807) is 10.7 Å². The fraction of sp³-hybridized carbons (Fsp3) is 0. The van der Waals surface area contributed by atoms with Gasteiger partial charge in [0.25, 0.3) is 0 Å². The van der Waals surface area contributed by atoms with Crippen LogP contribution in [0, 0.1) is 0 Å². The molecule has 0 saturated heterocycles. The van der Waals surface area contributed by atoms with Gasteiger partial charge in [-0.1, -0.05) is 46.8 Å². The molecule has 0 fully saturated rings. The van der Waals surface area contributed by atoms with Gasteiger partial charge in [-0.3, -0.25) is 0 Å². The van der Waals surface area contributed by atoms with Crippen LogP contribution in [0.4, 0.5) is 0 Å². The molecule has 0 atom stereocenters. The Kier molecular flexibility index (Phi) is 3.16. The minimum Gasteiger partial charge on any atom is -0.421 e. The molecular formula is C21H12N6O2. The molecule has 0 aliphatic rings. The predicted molar refractivity (Wildman–Crippen MR) is 107 cm³/mol. The largest absolute Gasteiger partial charge is 0.421 e. The molecule has 0 radical (unpaired) electrons. The average Bonchev–Trinajstić information content (AvgIpc) is 3.37. The van der Waals surface area contributed by atoms with E-state index < -0.39 is 5.63 Å². The Bertz CT molecular complexity index is 1590. The van der Waals surface area contributed by atoms with Crippen molar-refractivity contribution in [3.63, 3.8) is 0 Å². The molecule has 0 N–H and O–H groups in total.